The van der Waals surface area contributed by atoms with E-state index in [1.807, 2.05) is 0 Å². The molecular formula is C11H22O. The van der Waals surface area contributed by atoms with Crippen molar-refractivity contribution >= 4 is 0 Å². The largest absolute Gasteiger partial charge is 0.381 e. The van der Waals surface area contributed by atoms with Gasteiger partial charge in [0.25, 0.3) is 0 Å². The Morgan fingerprint density at radius 2 is 1.83 bits per heavy atom. The van der Waals surface area contributed by atoms with E-state index >= 15 is 0 Å². The number of hydrogen-bond acceptors (Lipinski definition) is 1. The van der Waals surface area contributed by atoms with E-state index in [0.29, 0.717) is 5.41 Å². The molecule has 0 aromatic carbocycles. The summed E-state index contributed by atoms with van der Waals surface area (Å²) in [4.78, 5) is 0. The molecule has 0 unspecified atom stereocenters. The van der Waals surface area contributed by atoms with Crippen LogP contribution in [0.15, 0.2) is 0 Å². The maximum Gasteiger partial charge on any atom is 0.0471 e. The predicted molar refractivity (Wildman–Crippen MR) is 52.3 cm³/mol. The second-order valence-electron chi connectivity index (χ2n) is 4.07. The number of rotatable bonds is 4. The minimum Gasteiger partial charge on any atom is -0.381 e. The Bertz CT molecular complexity index is 114. The molecule has 0 aliphatic carbocycles. The molecule has 1 rings (SSSR count). The van der Waals surface area contributed by atoms with Crippen LogP contribution in [0.25, 0.3) is 0 Å². The zero-order valence-electron chi connectivity index (χ0n) is 8.57. The van der Waals surface area contributed by atoms with Gasteiger partial charge in [-0.2, -0.15) is 0 Å². The van der Waals surface area contributed by atoms with E-state index in [0.717, 1.165) is 13.2 Å². The van der Waals surface area contributed by atoms with Gasteiger partial charge in [-0.05, 0) is 24.7 Å². The van der Waals surface area contributed by atoms with E-state index < -0.39 is 0 Å². The minimum absolute atomic E-state index is 0.647. The highest BCUT2D eigenvalue weighted by atomic mass is 16.5. The second kappa shape index (κ2) is 4.86. The molecule has 0 bridgehead atoms. The van der Waals surface area contributed by atoms with E-state index in [-0.39, 0.29) is 0 Å². The number of hydrogen-bond donors (Lipinski definition) is 0. The lowest BCUT2D eigenvalue weighted by molar-refractivity contribution is 0.00698. The van der Waals surface area contributed by atoms with Gasteiger partial charge in [-0.25, -0.2) is 0 Å². The van der Waals surface area contributed by atoms with Crippen molar-refractivity contribution in [1.29, 1.82) is 0 Å². The number of unbranched alkanes of at least 4 members (excludes halogenated alkanes) is 1. The van der Waals surface area contributed by atoms with Gasteiger partial charge in [0.1, 0.15) is 0 Å². The van der Waals surface area contributed by atoms with Gasteiger partial charge in [-0.1, -0.05) is 33.1 Å². The maximum absolute atomic E-state index is 5.41. The third-order valence-corrected chi connectivity index (χ3v) is 3.36. The van der Waals surface area contributed by atoms with Crippen molar-refractivity contribution in [3.05, 3.63) is 0 Å². The van der Waals surface area contributed by atoms with Gasteiger partial charge in [0.15, 0.2) is 0 Å². The quantitative estimate of drug-likeness (QED) is 0.628. The predicted octanol–water partition coefficient (Wildman–Crippen LogP) is 3.38. The molecule has 72 valence electrons. The van der Waals surface area contributed by atoms with Crippen LogP contribution in [0.1, 0.15) is 52.4 Å². The van der Waals surface area contributed by atoms with Gasteiger partial charge in [-0.15, -0.1) is 0 Å². The summed E-state index contributed by atoms with van der Waals surface area (Å²) in [6.45, 7) is 6.61. The minimum atomic E-state index is 0.647. The lowest BCUT2D eigenvalue weighted by Gasteiger charge is -2.36. The van der Waals surface area contributed by atoms with E-state index in [2.05, 4.69) is 13.8 Å². The standard InChI is InChI=1S/C11H22O/c1-3-5-6-11(4-2)7-9-12-10-8-11/h3-10H2,1-2H3. The third-order valence-electron chi connectivity index (χ3n) is 3.36. The first-order valence-electron chi connectivity index (χ1n) is 5.41. The molecule has 0 radical (unpaired) electrons. The molecule has 0 aromatic heterocycles. The molecule has 1 aliphatic rings. The van der Waals surface area contributed by atoms with Crippen molar-refractivity contribution in [2.45, 2.75) is 52.4 Å². The van der Waals surface area contributed by atoms with Crippen LogP contribution >= 0.6 is 0 Å². The van der Waals surface area contributed by atoms with Crippen LogP contribution in [0, 0.1) is 5.41 Å². The Hall–Kier alpha value is -0.0400. The zero-order chi connectivity index (χ0) is 8.86. The van der Waals surface area contributed by atoms with Crippen molar-refractivity contribution in [1.82, 2.24) is 0 Å². The molecule has 1 aliphatic heterocycles. The Labute approximate surface area is 76.5 Å². The molecule has 1 heteroatoms. The Balaban J connectivity index is 2.37. The van der Waals surface area contributed by atoms with Crippen LogP contribution < -0.4 is 0 Å². The summed E-state index contributed by atoms with van der Waals surface area (Å²) in [5.41, 5.74) is 0.647. The zero-order valence-corrected chi connectivity index (χ0v) is 8.57. The third kappa shape index (κ3) is 2.48. The summed E-state index contributed by atoms with van der Waals surface area (Å²) in [6, 6.07) is 0. The van der Waals surface area contributed by atoms with Crippen molar-refractivity contribution in [3.63, 3.8) is 0 Å². The van der Waals surface area contributed by atoms with Crippen LogP contribution in [0.5, 0.6) is 0 Å². The summed E-state index contributed by atoms with van der Waals surface area (Å²) in [5, 5.41) is 0. The highest BCUT2D eigenvalue weighted by molar-refractivity contribution is 4.80. The first kappa shape index (κ1) is 10.0. The average Bonchev–Trinajstić information content (AvgIpc) is 2.16. The van der Waals surface area contributed by atoms with E-state index in [1.165, 1.54) is 38.5 Å². The summed E-state index contributed by atoms with van der Waals surface area (Å²) >= 11 is 0. The highest BCUT2D eigenvalue weighted by Gasteiger charge is 2.29. The average molecular weight is 170 g/mol. The molecule has 0 N–H and O–H groups in total. The van der Waals surface area contributed by atoms with E-state index in [1.54, 1.807) is 0 Å². The van der Waals surface area contributed by atoms with Crippen LogP contribution in [-0.4, -0.2) is 13.2 Å². The molecule has 12 heavy (non-hydrogen) atoms. The fraction of sp³-hybridized carbons (Fsp3) is 1.00. The van der Waals surface area contributed by atoms with Crippen molar-refractivity contribution < 1.29 is 4.74 Å². The Morgan fingerprint density at radius 1 is 1.17 bits per heavy atom. The molecular weight excluding hydrogens is 148 g/mol. The van der Waals surface area contributed by atoms with Gasteiger partial charge in [-0.3, -0.25) is 0 Å². The van der Waals surface area contributed by atoms with Gasteiger partial charge in [0.05, 0.1) is 0 Å². The molecule has 1 saturated heterocycles. The summed E-state index contributed by atoms with van der Waals surface area (Å²) in [5.74, 6) is 0. The lowest BCUT2D eigenvalue weighted by Crippen LogP contribution is -2.28. The van der Waals surface area contributed by atoms with Gasteiger partial charge in [0, 0.05) is 13.2 Å². The maximum atomic E-state index is 5.41. The smallest absolute Gasteiger partial charge is 0.0471 e. The van der Waals surface area contributed by atoms with Crippen LogP contribution in [0.3, 0.4) is 0 Å². The van der Waals surface area contributed by atoms with E-state index in [9.17, 15) is 0 Å². The first-order valence-corrected chi connectivity index (χ1v) is 5.41. The normalized spacial score (nSPS) is 22.5. The van der Waals surface area contributed by atoms with Crippen LogP contribution in [0.2, 0.25) is 0 Å². The van der Waals surface area contributed by atoms with Gasteiger partial charge < -0.3 is 4.74 Å². The monoisotopic (exact) mass is 170 g/mol. The van der Waals surface area contributed by atoms with Crippen LogP contribution in [0.4, 0.5) is 0 Å². The molecule has 0 saturated carbocycles. The summed E-state index contributed by atoms with van der Waals surface area (Å²) in [6.07, 6.45) is 8.09. The molecule has 0 spiro atoms. The Kier molecular flexibility index (Phi) is 4.07. The fourth-order valence-electron chi connectivity index (χ4n) is 2.14. The molecule has 1 nitrogen and oxygen atoms in total. The highest BCUT2D eigenvalue weighted by Crippen LogP contribution is 2.38. The van der Waals surface area contributed by atoms with Crippen molar-refractivity contribution in [2.24, 2.45) is 5.41 Å². The number of ether oxygens (including phenoxy) is 1. The summed E-state index contributed by atoms with van der Waals surface area (Å²) < 4.78 is 5.41. The topological polar surface area (TPSA) is 9.23 Å². The lowest BCUT2D eigenvalue weighted by atomic mass is 9.74. The van der Waals surface area contributed by atoms with Gasteiger partial charge in [0.2, 0.25) is 0 Å². The van der Waals surface area contributed by atoms with Crippen molar-refractivity contribution in [3.8, 4) is 0 Å². The molecule has 0 aromatic rings. The van der Waals surface area contributed by atoms with Gasteiger partial charge >= 0.3 is 0 Å². The fourth-order valence-corrected chi connectivity index (χ4v) is 2.14. The van der Waals surface area contributed by atoms with Crippen molar-refractivity contribution in [2.75, 3.05) is 13.2 Å². The molecule has 0 atom stereocenters. The molecule has 1 fully saturated rings. The summed E-state index contributed by atoms with van der Waals surface area (Å²) in [7, 11) is 0. The van der Waals surface area contributed by atoms with Crippen LogP contribution in [-0.2, 0) is 4.74 Å². The Morgan fingerprint density at radius 3 is 2.33 bits per heavy atom. The second-order valence-corrected chi connectivity index (χ2v) is 4.07. The van der Waals surface area contributed by atoms with E-state index in [4.69, 9.17) is 4.74 Å². The first-order chi connectivity index (χ1) is 5.83. The molecule has 0 amide bonds. The SMILES string of the molecule is CCCCC1(CC)CCOCC1. The molecule has 1 heterocycles.